The van der Waals surface area contributed by atoms with Crippen molar-refractivity contribution in [3.63, 3.8) is 0 Å². The molecule has 2 bridgehead atoms. The first-order chi connectivity index (χ1) is 8.95. The van der Waals surface area contributed by atoms with Crippen LogP contribution in [0.4, 0.5) is 6.01 Å². The minimum atomic E-state index is 0.296. The molecule has 5 nitrogen and oxygen atoms in total. The highest BCUT2D eigenvalue weighted by Gasteiger charge is 2.59. The third-order valence-electron chi connectivity index (χ3n) is 5.33. The van der Waals surface area contributed by atoms with Crippen LogP contribution < -0.4 is 10.6 Å². The van der Waals surface area contributed by atoms with Gasteiger partial charge in [0.25, 0.3) is 0 Å². The van der Waals surface area contributed by atoms with E-state index in [0.717, 1.165) is 5.92 Å². The summed E-state index contributed by atoms with van der Waals surface area (Å²) in [6.45, 7) is 7.74. The van der Waals surface area contributed by atoms with Crippen LogP contribution in [0.3, 0.4) is 0 Å². The summed E-state index contributed by atoms with van der Waals surface area (Å²) < 4.78 is 5.64. The lowest BCUT2D eigenvalue weighted by Gasteiger charge is -2.42. The third kappa shape index (κ3) is 1.95. The van der Waals surface area contributed by atoms with Gasteiger partial charge in [-0.15, -0.1) is 5.10 Å². The topological polar surface area (TPSA) is 63.0 Å². The van der Waals surface area contributed by atoms with E-state index in [0.29, 0.717) is 35.3 Å². The molecule has 2 N–H and O–H groups in total. The van der Waals surface area contributed by atoms with Crippen LogP contribution in [-0.4, -0.2) is 23.3 Å². The second kappa shape index (κ2) is 4.20. The maximum absolute atomic E-state index is 5.64. The molecule has 2 saturated carbocycles. The van der Waals surface area contributed by atoms with Crippen molar-refractivity contribution in [2.75, 3.05) is 12.4 Å². The fraction of sp³-hybridized carbons (Fsp3) is 0.857. The Labute approximate surface area is 114 Å². The number of fused-ring (bicyclic) bond motifs is 2. The maximum Gasteiger partial charge on any atom is 0.315 e. The summed E-state index contributed by atoms with van der Waals surface area (Å²) in [7, 11) is 1.87. The number of hydrogen-bond acceptors (Lipinski definition) is 5. The first kappa shape index (κ1) is 12.9. The van der Waals surface area contributed by atoms with E-state index in [4.69, 9.17) is 4.42 Å². The predicted octanol–water partition coefficient (Wildman–Crippen LogP) is 2.42. The highest BCUT2D eigenvalue weighted by molar-refractivity contribution is 5.28. The molecule has 2 aliphatic carbocycles. The van der Waals surface area contributed by atoms with Gasteiger partial charge in [0.15, 0.2) is 0 Å². The summed E-state index contributed by atoms with van der Waals surface area (Å²) in [5.41, 5.74) is 0.663. The Morgan fingerprint density at radius 2 is 2.11 bits per heavy atom. The van der Waals surface area contributed by atoms with Crippen molar-refractivity contribution in [3.05, 3.63) is 5.89 Å². The van der Waals surface area contributed by atoms with Crippen LogP contribution in [0.1, 0.15) is 45.9 Å². The number of anilines is 1. The van der Waals surface area contributed by atoms with Gasteiger partial charge in [-0.2, -0.15) is 0 Å². The van der Waals surface area contributed by atoms with Gasteiger partial charge in [0.1, 0.15) is 0 Å². The molecule has 0 radical (unpaired) electrons. The number of rotatable bonds is 4. The van der Waals surface area contributed by atoms with Gasteiger partial charge in [-0.05, 0) is 43.1 Å². The number of nitrogens with zero attached hydrogens (tertiary/aromatic N) is 2. The van der Waals surface area contributed by atoms with Crippen molar-refractivity contribution in [2.24, 2.45) is 16.7 Å². The number of nitrogens with one attached hydrogen (secondary N) is 2. The van der Waals surface area contributed by atoms with Gasteiger partial charge >= 0.3 is 6.01 Å². The van der Waals surface area contributed by atoms with Gasteiger partial charge in [-0.3, -0.25) is 0 Å². The summed E-state index contributed by atoms with van der Waals surface area (Å²) in [4.78, 5) is 0. The number of hydrogen-bond donors (Lipinski definition) is 2. The van der Waals surface area contributed by atoms with Gasteiger partial charge in [0.05, 0.1) is 6.54 Å². The largest absolute Gasteiger partial charge is 0.407 e. The van der Waals surface area contributed by atoms with E-state index in [1.54, 1.807) is 0 Å². The molecule has 0 amide bonds. The van der Waals surface area contributed by atoms with Crippen molar-refractivity contribution >= 4 is 6.01 Å². The molecule has 2 aliphatic rings. The van der Waals surface area contributed by atoms with Crippen molar-refractivity contribution in [1.29, 1.82) is 0 Å². The second-order valence-corrected chi connectivity index (χ2v) is 7.02. The summed E-state index contributed by atoms with van der Waals surface area (Å²) >= 11 is 0. The molecule has 1 aromatic heterocycles. The Morgan fingerprint density at radius 3 is 2.74 bits per heavy atom. The van der Waals surface area contributed by atoms with Crippen molar-refractivity contribution < 1.29 is 4.42 Å². The van der Waals surface area contributed by atoms with Gasteiger partial charge < -0.3 is 15.1 Å². The van der Waals surface area contributed by atoms with Gasteiger partial charge in [0, 0.05) is 6.04 Å². The minimum absolute atomic E-state index is 0.296. The Balaban J connectivity index is 1.78. The van der Waals surface area contributed by atoms with Gasteiger partial charge in [-0.1, -0.05) is 25.9 Å². The molecule has 19 heavy (non-hydrogen) atoms. The molecular weight excluding hydrogens is 240 g/mol. The molecule has 3 unspecified atom stereocenters. The predicted molar refractivity (Wildman–Crippen MR) is 73.7 cm³/mol. The Kier molecular flexibility index (Phi) is 2.85. The minimum Gasteiger partial charge on any atom is -0.407 e. The molecule has 0 aromatic carbocycles. The quantitative estimate of drug-likeness (QED) is 0.874. The fourth-order valence-electron chi connectivity index (χ4n) is 4.32. The standard InChI is InChI=1S/C14H24N4O/c1-13(2)9-5-6-14(3,7-9)11(13)16-12-18-17-10(19-12)8-15-4/h9,11,15H,5-8H2,1-4H3,(H,16,18). The zero-order valence-corrected chi connectivity index (χ0v) is 12.3. The molecule has 3 rings (SSSR count). The number of aromatic nitrogens is 2. The fourth-order valence-corrected chi connectivity index (χ4v) is 4.32. The Morgan fingerprint density at radius 1 is 1.32 bits per heavy atom. The third-order valence-corrected chi connectivity index (χ3v) is 5.33. The van der Waals surface area contributed by atoms with Crippen molar-refractivity contribution in [2.45, 2.75) is 52.6 Å². The molecule has 1 heterocycles. The Hall–Kier alpha value is -1.10. The van der Waals surface area contributed by atoms with E-state index < -0.39 is 0 Å². The smallest absolute Gasteiger partial charge is 0.315 e. The average molecular weight is 264 g/mol. The molecule has 106 valence electrons. The molecule has 0 aliphatic heterocycles. The van der Waals surface area contributed by atoms with Crippen LogP contribution in [0.5, 0.6) is 0 Å². The molecule has 0 spiro atoms. The Bertz CT molecular complexity index is 465. The molecule has 3 atom stereocenters. The SMILES string of the molecule is CNCc1nnc(NC2C3(C)CCC(C3)C2(C)C)o1. The second-order valence-electron chi connectivity index (χ2n) is 7.02. The lowest BCUT2D eigenvalue weighted by Crippen LogP contribution is -2.45. The first-order valence-electron chi connectivity index (χ1n) is 7.19. The maximum atomic E-state index is 5.64. The van der Waals surface area contributed by atoms with Crippen LogP contribution in [0.25, 0.3) is 0 Å². The van der Waals surface area contributed by atoms with E-state index in [-0.39, 0.29) is 0 Å². The highest BCUT2D eigenvalue weighted by atomic mass is 16.4. The van der Waals surface area contributed by atoms with Crippen LogP contribution in [-0.2, 0) is 6.54 Å². The summed E-state index contributed by atoms with van der Waals surface area (Å²) in [5.74, 6) is 1.45. The lowest BCUT2D eigenvalue weighted by molar-refractivity contribution is 0.153. The summed E-state index contributed by atoms with van der Waals surface area (Å²) in [5, 5.41) is 14.7. The summed E-state index contributed by atoms with van der Waals surface area (Å²) in [6, 6.07) is 0.985. The van der Waals surface area contributed by atoms with Crippen LogP contribution in [0.2, 0.25) is 0 Å². The van der Waals surface area contributed by atoms with Gasteiger partial charge in [-0.25, -0.2) is 0 Å². The molecular formula is C14H24N4O. The molecule has 0 saturated heterocycles. The zero-order valence-electron chi connectivity index (χ0n) is 12.3. The van der Waals surface area contributed by atoms with Crippen LogP contribution in [0, 0.1) is 16.7 Å². The van der Waals surface area contributed by atoms with E-state index in [2.05, 4.69) is 41.6 Å². The monoisotopic (exact) mass is 264 g/mol. The lowest BCUT2D eigenvalue weighted by atomic mass is 9.68. The first-order valence-corrected chi connectivity index (χ1v) is 7.19. The average Bonchev–Trinajstić information content (AvgIpc) is 2.97. The van der Waals surface area contributed by atoms with Crippen LogP contribution in [0.15, 0.2) is 4.42 Å². The van der Waals surface area contributed by atoms with E-state index >= 15 is 0 Å². The van der Waals surface area contributed by atoms with E-state index in [1.165, 1.54) is 19.3 Å². The van der Waals surface area contributed by atoms with E-state index in [1.807, 2.05) is 7.05 Å². The molecule has 2 fully saturated rings. The summed E-state index contributed by atoms with van der Waals surface area (Å²) in [6.07, 6.45) is 3.97. The van der Waals surface area contributed by atoms with Gasteiger partial charge in [0.2, 0.25) is 5.89 Å². The normalized spacial score (nSPS) is 35.8. The molecule has 1 aromatic rings. The zero-order chi connectivity index (χ0) is 13.7. The van der Waals surface area contributed by atoms with E-state index in [9.17, 15) is 0 Å². The highest BCUT2D eigenvalue weighted by Crippen LogP contribution is 2.62. The van der Waals surface area contributed by atoms with Crippen molar-refractivity contribution in [3.8, 4) is 0 Å². The van der Waals surface area contributed by atoms with Crippen molar-refractivity contribution in [1.82, 2.24) is 15.5 Å². The molecule has 5 heteroatoms. The van der Waals surface area contributed by atoms with Crippen LogP contribution >= 0.6 is 0 Å².